The van der Waals surface area contributed by atoms with Crippen molar-refractivity contribution in [3.8, 4) is 11.5 Å². The van der Waals surface area contributed by atoms with Crippen molar-refractivity contribution in [1.29, 1.82) is 0 Å². The topological polar surface area (TPSA) is 43.7 Å². The predicted molar refractivity (Wildman–Crippen MR) is 76.8 cm³/mol. The summed E-state index contributed by atoms with van der Waals surface area (Å²) in [6.07, 6.45) is 3.16. The van der Waals surface area contributed by atoms with Crippen LogP contribution in [0.3, 0.4) is 0 Å². The molecule has 4 heteroatoms. The molecular formula is C14H20BrNO2. The van der Waals surface area contributed by atoms with E-state index in [2.05, 4.69) is 11.8 Å². The van der Waals surface area contributed by atoms with Crippen LogP contribution in [0.5, 0.6) is 11.5 Å². The Morgan fingerprint density at radius 2 is 2.06 bits per heavy atom. The van der Waals surface area contributed by atoms with Gasteiger partial charge in [-0.25, -0.2) is 0 Å². The molecule has 1 saturated heterocycles. The van der Waals surface area contributed by atoms with Crippen molar-refractivity contribution >= 4 is 17.0 Å². The number of aromatic hydroxyl groups is 2. The number of likely N-dealkylation sites (tertiary alicyclic amines) is 1. The molecule has 1 fully saturated rings. The van der Waals surface area contributed by atoms with E-state index in [0.717, 1.165) is 31.5 Å². The number of phenolic OH excluding ortho intramolecular Hbond substituents is 2. The summed E-state index contributed by atoms with van der Waals surface area (Å²) in [7, 11) is 0. The van der Waals surface area contributed by atoms with E-state index in [4.69, 9.17) is 0 Å². The van der Waals surface area contributed by atoms with Gasteiger partial charge in [0, 0.05) is 17.5 Å². The van der Waals surface area contributed by atoms with Crippen LogP contribution in [0.2, 0.25) is 0 Å². The van der Waals surface area contributed by atoms with Crippen LogP contribution >= 0.6 is 17.0 Å². The van der Waals surface area contributed by atoms with Gasteiger partial charge in [0.2, 0.25) is 0 Å². The summed E-state index contributed by atoms with van der Waals surface area (Å²) in [6.45, 7) is 4.49. The zero-order chi connectivity index (χ0) is 12.0. The van der Waals surface area contributed by atoms with Gasteiger partial charge >= 0.3 is 0 Å². The summed E-state index contributed by atoms with van der Waals surface area (Å²) >= 11 is 0. The van der Waals surface area contributed by atoms with Crippen molar-refractivity contribution in [2.24, 2.45) is 0 Å². The van der Waals surface area contributed by atoms with Crippen LogP contribution in [0.15, 0.2) is 12.1 Å². The number of hydrogen-bond acceptors (Lipinski definition) is 3. The van der Waals surface area contributed by atoms with Gasteiger partial charge in [0.25, 0.3) is 0 Å². The molecule has 1 aromatic rings. The number of hydrogen-bond donors (Lipinski definition) is 2. The Hall–Kier alpha value is -0.740. The fourth-order valence-electron chi connectivity index (χ4n) is 3.60. The van der Waals surface area contributed by atoms with E-state index in [1.54, 1.807) is 6.07 Å². The highest BCUT2D eigenvalue weighted by Crippen LogP contribution is 2.46. The summed E-state index contributed by atoms with van der Waals surface area (Å²) < 4.78 is 0. The van der Waals surface area contributed by atoms with E-state index in [1.165, 1.54) is 12.0 Å². The van der Waals surface area contributed by atoms with Crippen LogP contribution in [-0.4, -0.2) is 34.2 Å². The summed E-state index contributed by atoms with van der Waals surface area (Å²) in [6, 6.07) is 4.27. The maximum absolute atomic E-state index is 9.92. The van der Waals surface area contributed by atoms with E-state index in [0.29, 0.717) is 12.0 Å². The van der Waals surface area contributed by atoms with E-state index in [-0.39, 0.29) is 28.5 Å². The van der Waals surface area contributed by atoms with Gasteiger partial charge in [-0.15, -0.1) is 17.0 Å². The van der Waals surface area contributed by atoms with Gasteiger partial charge < -0.3 is 15.1 Å². The highest BCUT2D eigenvalue weighted by molar-refractivity contribution is 8.93. The van der Waals surface area contributed by atoms with Crippen molar-refractivity contribution in [3.05, 3.63) is 23.3 Å². The third-order valence-electron chi connectivity index (χ3n) is 4.45. The zero-order valence-electron chi connectivity index (χ0n) is 10.6. The number of benzene rings is 1. The number of fused-ring (bicyclic) bond motifs is 3. The van der Waals surface area contributed by atoms with Crippen LogP contribution in [0.4, 0.5) is 0 Å². The number of likely N-dealkylation sites (N-methyl/N-ethyl adjacent to an activating group) is 1. The summed E-state index contributed by atoms with van der Waals surface area (Å²) in [4.78, 5) is 2.54. The molecule has 3 nitrogen and oxygen atoms in total. The van der Waals surface area contributed by atoms with Crippen molar-refractivity contribution in [1.82, 2.24) is 4.90 Å². The Balaban J connectivity index is 0.00000120. The van der Waals surface area contributed by atoms with Gasteiger partial charge in [-0.1, -0.05) is 13.0 Å². The van der Waals surface area contributed by atoms with Gasteiger partial charge in [-0.3, -0.25) is 0 Å². The van der Waals surface area contributed by atoms with E-state index < -0.39 is 0 Å². The molecule has 1 aromatic carbocycles. The van der Waals surface area contributed by atoms with Gasteiger partial charge in [0.1, 0.15) is 0 Å². The van der Waals surface area contributed by atoms with Crippen LogP contribution < -0.4 is 0 Å². The number of rotatable bonds is 1. The predicted octanol–water partition coefficient (Wildman–Crippen LogP) is 2.80. The Bertz CT molecular complexity index is 450. The third kappa shape index (κ3) is 1.91. The zero-order valence-corrected chi connectivity index (χ0v) is 12.3. The lowest BCUT2D eigenvalue weighted by Gasteiger charge is -2.33. The maximum atomic E-state index is 9.92. The van der Waals surface area contributed by atoms with Crippen LogP contribution in [0.1, 0.15) is 36.8 Å². The third-order valence-corrected chi connectivity index (χ3v) is 4.45. The largest absolute Gasteiger partial charge is 0.504 e. The second kappa shape index (κ2) is 5.10. The molecule has 0 bridgehead atoms. The van der Waals surface area contributed by atoms with Crippen molar-refractivity contribution in [2.45, 2.75) is 38.1 Å². The minimum Gasteiger partial charge on any atom is -0.504 e. The minimum atomic E-state index is 0. The fourth-order valence-corrected chi connectivity index (χ4v) is 3.60. The monoisotopic (exact) mass is 313 g/mol. The standard InChI is InChI=1S/C14H19NO2.BrH/c1-2-15-8-7-10-9-4-6-13(16)14(17)11(9)3-5-12(10)15;/h4,6,10,12,16-17H,2-3,5,7-8H2,1H3;1H/t10-,12+;/m0./s1. The van der Waals surface area contributed by atoms with Crippen LogP contribution in [0.25, 0.3) is 0 Å². The molecule has 1 aliphatic heterocycles. The quantitative estimate of drug-likeness (QED) is 0.784. The maximum Gasteiger partial charge on any atom is 0.160 e. The lowest BCUT2D eigenvalue weighted by molar-refractivity contribution is 0.237. The van der Waals surface area contributed by atoms with Crippen molar-refractivity contribution in [2.75, 3.05) is 13.1 Å². The van der Waals surface area contributed by atoms with Crippen molar-refractivity contribution in [3.63, 3.8) is 0 Å². The van der Waals surface area contributed by atoms with Gasteiger partial charge in [0.15, 0.2) is 11.5 Å². The molecule has 0 amide bonds. The molecular weight excluding hydrogens is 294 g/mol. The molecule has 0 saturated carbocycles. The number of nitrogens with zero attached hydrogens (tertiary/aromatic N) is 1. The number of halogens is 1. The first-order chi connectivity index (χ1) is 8.22. The molecule has 0 spiro atoms. The fraction of sp³-hybridized carbons (Fsp3) is 0.571. The Morgan fingerprint density at radius 1 is 1.28 bits per heavy atom. The van der Waals surface area contributed by atoms with E-state index >= 15 is 0 Å². The van der Waals surface area contributed by atoms with Gasteiger partial charge in [-0.2, -0.15) is 0 Å². The summed E-state index contributed by atoms with van der Waals surface area (Å²) in [5, 5.41) is 19.5. The highest BCUT2D eigenvalue weighted by atomic mass is 79.9. The van der Waals surface area contributed by atoms with Crippen LogP contribution in [0, 0.1) is 0 Å². The lowest BCUT2D eigenvalue weighted by atomic mass is 9.79. The SMILES string of the molecule is Br.CCN1CC[C@H]2c3ccc(O)c(O)c3CC[C@H]21. The molecule has 2 atom stereocenters. The first-order valence-corrected chi connectivity index (χ1v) is 6.50. The summed E-state index contributed by atoms with van der Waals surface area (Å²) in [5.74, 6) is 0.675. The van der Waals surface area contributed by atoms with Gasteiger partial charge in [-0.05, 0) is 44.0 Å². The molecule has 18 heavy (non-hydrogen) atoms. The molecule has 1 aliphatic carbocycles. The molecule has 1 heterocycles. The average molecular weight is 314 g/mol. The van der Waals surface area contributed by atoms with E-state index in [9.17, 15) is 10.2 Å². The highest BCUT2D eigenvalue weighted by Gasteiger charge is 2.38. The first-order valence-electron chi connectivity index (χ1n) is 6.50. The summed E-state index contributed by atoms with van der Waals surface area (Å²) in [5.41, 5.74) is 2.23. The second-order valence-electron chi connectivity index (χ2n) is 5.13. The van der Waals surface area contributed by atoms with Crippen molar-refractivity contribution < 1.29 is 10.2 Å². The molecule has 0 unspecified atom stereocenters. The molecule has 2 N–H and O–H groups in total. The molecule has 3 rings (SSSR count). The normalized spacial score (nSPS) is 26.3. The molecule has 0 radical (unpaired) electrons. The second-order valence-corrected chi connectivity index (χ2v) is 5.13. The smallest absolute Gasteiger partial charge is 0.160 e. The minimum absolute atomic E-state index is 0. The van der Waals surface area contributed by atoms with Crippen LogP contribution in [-0.2, 0) is 6.42 Å². The molecule has 2 aliphatic rings. The molecule has 0 aromatic heterocycles. The Kier molecular flexibility index (Phi) is 3.87. The average Bonchev–Trinajstić information content (AvgIpc) is 2.76. The Morgan fingerprint density at radius 3 is 2.78 bits per heavy atom. The first kappa shape index (κ1) is 13.7. The number of phenols is 2. The Labute approximate surface area is 118 Å². The van der Waals surface area contributed by atoms with Gasteiger partial charge in [0.05, 0.1) is 0 Å². The van der Waals surface area contributed by atoms with E-state index in [1.807, 2.05) is 6.07 Å². The lowest BCUT2D eigenvalue weighted by Crippen LogP contribution is -2.34. The molecule has 100 valence electrons.